The molecule has 11 heteroatoms. The van der Waals surface area contributed by atoms with Crippen LogP contribution in [-0.4, -0.2) is 55.0 Å². The van der Waals surface area contributed by atoms with Crippen LogP contribution in [0.2, 0.25) is 0 Å². The molecule has 140 valence electrons. The number of aliphatic hydroxyl groups is 2. The maximum atomic E-state index is 12.8. The average molecular weight is 371 g/mol. The Balaban J connectivity index is 1.89. The maximum absolute atomic E-state index is 12.8. The number of aromatic nitrogens is 4. The van der Waals surface area contributed by atoms with E-state index in [-0.39, 0.29) is 12.4 Å². The molecule has 0 amide bonds. The molecule has 4 atom stereocenters. The molecule has 0 bridgehead atoms. The largest absolute Gasteiger partial charge is 0.434 e. The van der Waals surface area contributed by atoms with E-state index in [9.17, 15) is 23.4 Å². The van der Waals surface area contributed by atoms with Gasteiger partial charge >= 0.3 is 6.18 Å². The number of nitrogens with zero attached hydrogens (tertiary/aromatic N) is 4. The summed E-state index contributed by atoms with van der Waals surface area (Å²) in [5.41, 5.74) is -0.154. The summed E-state index contributed by atoms with van der Waals surface area (Å²) in [5.74, 6) is -0.216. The zero-order chi connectivity index (χ0) is 18.9. The van der Waals surface area contributed by atoms with Crippen molar-refractivity contribution in [2.24, 2.45) is 0 Å². The molecule has 0 spiro atoms. The Morgan fingerprint density at radius 1 is 1.15 bits per heavy atom. The van der Waals surface area contributed by atoms with E-state index in [0.717, 1.165) is 6.20 Å². The van der Waals surface area contributed by atoms with Crippen molar-refractivity contribution in [3.05, 3.63) is 41.9 Å². The lowest BCUT2D eigenvalue weighted by atomic mass is 9.95. The van der Waals surface area contributed by atoms with Gasteiger partial charge in [-0.05, 0) is 6.92 Å². The number of halogens is 3. The molecule has 1 saturated heterocycles. The van der Waals surface area contributed by atoms with Gasteiger partial charge in [0.1, 0.15) is 24.1 Å². The monoisotopic (exact) mass is 371 g/mol. The summed E-state index contributed by atoms with van der Waals surface area (Å²) in [7, 11) is 0. The minimum atomic E-state index is -4.66. The maximum Gasteiger partial charge on any atom is 0.434 e. The van der Waals surface area contributed by atoms with Crippen molar-refractivity contribution in [2.45, 2.75) is 37.5 Å². The highest BCUT2D eigenvalue weighted by Gasteiger charge is 2.41. The van der Waals surface area contributed by atoms with Gasteiger partial charge in [-0.15, -0.1) is 0 Å². The Labute approximate surface area is 146 Å². The molecule has 2 aromatic heterocycles. The van der Waals surface area contributed by atoms with Crippen molar-refractivity contribution in [1.82, 2.24) is 19.9 Å². The van der Waals surface area contributed by atoms with Gasteiger partial charge in [-0.2, -0.15) is 13.2 Å². The SMILES string of the molecule is Cc1cnc([C@H]2OC[C@H](O)[C@H](O)[C@H]2Nc2cncc(C(F)(F)F)n2)cn1. The molecule has 3 N–H and O–H groups in total. The quantitative estimate of drug-likeness (QED) is 0.728. The van der Waals surface area contributed by atoms with E-state index in [1.54, 1.807) is 6.92 Å². The van der Waals surface area contributed by atoms with Crippen molar-refractivity contribution in [2.75, 3.05) is 11.9 Å². The average Bonchev–Trinajstić information content (AvgIpc) is 2.60. The highest BCUT2D eigenvalue weighted by atomic mass is 19.4. The van der Waals surface area contributed by atoms with Gasteiger partial charge in [0.05, 0.1) is 42.6 Å². The normalized spacial score (nSPS) is 26.5. The summed E-state index contributed by atoms with van der Waals surface area (Å²) in [6, 6.07) is -1.01. The highest BCUT2D eigenvalue weighted by Crippen LogP contribution is 2.31. The molecule has 0 saturated carbocycles. The van der Waals surface area contributed by atoms with E-state index < -0.39 is 36.2 Å². The molecule has 1 aliphatic heterocycles. The standard InChI is InChI=1S/C15H16F3N5O3/c1-7-2-21-8(3-20-7)14-12(13(25)9(24)6-26-14)23-11-5-19-4-10(22-11)15(16,17)18/h2-5,9,12-14,24-25H,6H2,1H3,(H,22,23)/t9-,12+,13-,14+/m0/s1. The van der Waals surface area contributed by atoms with E-state index in [1.165, 1.54) is 12.4 Å². The number of hydrogen-bond donors (Lipinski definition) is 3. The Morgan fingerprint density at radius 2 is 1.92 bits per heavy atom. The van der Waals surface area contributed by atoms with Crippen LogP contribution in [0.25, 0.3) is 0 Å². The van der Waals surface area contributed by atoms with Crippen molar-refractivity contribution in [1.29, 1.82) is 0 Å². The van der Waals surface area contributed by atoms with Crippen LogP contribution in [0.3, 0.4) is 0 Å². The summed E-state index contributed by atoms with van der Waals surface area (Å²) < 4.78 is 43.9. The van der Waals surface area contributed by atoms with Crippen LogP contribution >= 0.6 is 0 Å². The van der Waals surface area contributed by atoms with E-state index in [2.05, 4.69) is 25.3 Å². The number of alkyl halides is 3. The molecule has 0 unspecified atom stereocenters. The molecular formula is C15H16F3N5O3. The second kappa shape index (κ2) is 7.09. The molecule has 2 aromatic rings. The third-order valence-corrected chi connectivity index (χ3v) is 3.87. The fraction of sp³-hybridized carbons (Fsp3) is 0.467. The van der Waals surface area contributed by atoms with Gasteiger partial charge in [-0.25, -0.2) is 4.98 Å². The molecule has 3 rings (SSSR count). The second-order valence-corrected chi connectivity index (χ2v) is 5.85. The van der Waals surface area contributed by atoms with Gasteiger partial charge in [-0.3, -0.25) is 15.0 Å². The van der Waals surface area contributed by atoms with Crippen LogP contribution in [0, 0.1) is 6.92 Å². The van der Waals surface area contributed by atoms with E-state index in [4.69, 9.17) is 4.74 Å². The van der Waals surface area contributed by atoms with Gasteiger partial charge in [0.2, 0.25) is 0 Å². The number of ether oxygens (including phenoxy) is 1. The van der Waals surface area contributed by atoms with Crippen molar-refractivity contribution >= 4 is 5.82 Å². The van der Waals surface area contributed by atoms with Crippen molar-refractivity contribution < 1.29 is 28.1 Å². The van der Waals surface area contributed by atoms with E-state index in [1.807, 2.05) is 0 Å². The lowest BCUT2D eigenvalue weighted by molar-refractivity contribution is -0.141. The molecular weight excluding hydrogens is 355 g/mol. The number of aryl methyl sites for hydroxylation is 1. The first-order valence-corrected chi connectivity index (χ1v) is 7.68. The number of anilines is 1. The van der Waals surface area contributed by atoms with Crippen molar-refractivity contribution in [3.8, 4) is 0 Å². The fourth-order valence-electron chi connectivity index (χ4n) is 2.55. The van der Waals surface area contributed by atoms with Gasteiger partial charge in [-0.1, -0.05) is 0 Å². The molecule has 0 aromatic carbocycles. The lowest BCUT2D eigenvalue weighted by Crippen LogP contribution is -2.53. The first kappa shape index (κ1) is 18.4. The van der Waals surface area contributed by atoms with Crippen LogP contribution < -0.4 is 5.32 Å². The number of rotatable bonds is 3. The van der Waals surface area contributed by atoms with Gasteiger partial charge in [0, 0.05) is 6.20 Å². The third-order valence-electron chi connectivity index (χ3n) is 3.87. The summed E-state index contributed by atoms with van der Waals surface area (Å²) in [6.07, 6.45) is -3.44. The molecule has 1 aliphatic rings. The van der Waals surface area contributed by atoms with E-state index >= 15 is 0 Å². The summed E-state index contributed by atoms with van der Waals surface area (Å²) in [6.45, 7) is 1.58. The molecule has 8 nitrogen and oxygen atoms in total. The Kier molecular flexibility index (Phi) is 5.03. The lowest BCUT2D eigenvalue weighted by Gasteiger charge is -2.38. The van der Waals surface area contributed by atoms with Crippen LogP contribution in [0.15, 0.2) is 24.8 Å². The van der Waals surface area contributed by atoms with Crippen LogP contribution in [0.4, 0.5) is 19.0 Å². The van der Waals surface area contributed by atoms with Crippen LogP contribution in [-0.2, 0) is 10.9 Å². The van der Waals surface area contributed by atoms with Gasteiger partial charge < -0.3 is 20.3 Å². The molecule has 0 radical (unpaired) electrons. The first-order valence-electron chi connectivity index (χ1n) is 7.68. The predicted octanol–water partition coefficient (Wildman–Crippen LogP) is 0.868. The molecule has 26 heavy (non-hydrogen) atoms. The summed E-state index contributed by atoms with van der Waals surface area (Å²) in [5, 5.41) is 22.8. The Hall–Kier alpha value is -2.37. The molecule has 1 fully saturated rings. The van der Waals surface area contributed by atoms with Crippen molar-refractivity contribution in [3.63, 3.8) is 0 Å². The van der Waals surface area contributed by atoms with Gasteiger partial charge in [0.15, 0.2) is 5.69 Å². The predicted molar refractivity (Wildman–Crippen MR) is 81.9 cm³/mol. The topological polar surface area (TPSA) is 113 Å². The Morgan fingerprint density at radius 3 is 2.58 bits per heavy atom. The van der Waals surface area contributed by atoms with Crippen LogP contribution in [0.5, 0.6) is 0 Å². The summed E-state index contributed by atoms with van der Waals surface area (Å²) in [4.78, 5) is 15.2. The fourth-order valence-corrected chi connectivity index (χ4v) is 2.55. The first-order chi connectivity index (χ1) is 12.3. The zero-order valence-corrected chi connectivity index (χ0v) is 13.6. The number of aliphatic hydroxyl groups excluding tert-OH is 2. The number of nitrogens with one attached hydrogen (secondary N) is 1. The highest BCUT2D eigenvalue weighted by molar-refractivity contribution is 5.36. The number of hydrogen-bond acceptors (Lipinski definition) is 8. The van der Waals surface area contributed by atoms with E-state index in [0.29, 0.717) is 17.6 Å². The minimum Gasteiger partial charge on any atom is -0.388 e. The second-order valence-electron chi connectivity index (χ2n) is 5.85. The summed E-state index contributed by atoms with van der Waals surface area (Å²) >= 11 is 0. The van der Waals surface area contributed by atoms with Gasteiger partial charge in [0.25, 0.3) is 0 Å². The minimum absolute atomic E-state index is 0.159. The molecule has 3 heterocycles. The smallest absolute Gasteiger partial charge is 0.388 e. The third kappa shape index (κ3) is 3.89. The van der Waals surface area contributed by atoms with Crippen LogP contribution in [0.1, 0.15) is 23.2 Å². The molecule has 0 aliphatic carbocycles. The Bertz CT molecular complexity index is 759. The zero-order valence-electron chi connectivity index (χ0n) is 13.6.